The first-order valence-electron chi connectivity index (χ1n) is 6.72. The lowest BCUT2D eigenvalue weighted by molar-refractivity contribution is 0.0688. The number of carboxylic acid groups (broad SMARTS) is 1. The molecule has 98 valence electrons. The number of rotatable bonds is 2. The number of nitrogens with one attached hydrogen (secondary N) is 1. The average molecular weight is 249 g/mol. The van der Waals surface area contributed by atoms with Gasteiger partial charge in [-0.25, -0.2) is 9.78 Å². The van der Waals surface area contributed by atoms with Gasteiger partial charge >= 0.3 is 5.97 Å². The molecule has 0 radical (unpaired) electrons. The maximum absolute atomic E-state index is 11.4. The highest BCUT2D eigenvalue weighted by Gasteiger charge is 2.32. The summed E-state index contributed by atoms with van der Waals surface area (Å²) in [5.41, 5.74) is 1.22. The molecule has 3 rings (SSSR count). The molecule has 2 unspecified atom stereocenters. The number of carboxylic acids is 1. The highest BCUT2D eigenvalue weighted by molar-refractivity contribution is 5.87. The maximum atomic E-state index is 11.4. The van der Waals surface area contributed by atoms with Crippen molar-refractivity contribution < 1.29 is 9.90 Å². The molecule has 0 aliphatic carbocycles. The van der Waals surface area contributed by atoms with E-state index in [9.17, 15) is 9.90 Å². The van der Waals surface area contributed by atoms with E-state index in [0.29, 0.717) is 11.8 Å². The first kappa shape index (κ1) is 11.7. The second kappa shape index (κ2) is 4.39. The van der Waals surface area contributed by atoms with Crippen molar-refractivity contribution in [3.05, 3.63) is 17.2 Å². The molecular weight excluding hydrogens is 230 g/mol. The van der Waals surface area contributed by atoms with Crippen molar-refractivity contribution in [2.45, 2.75) is 44.6 Å². The maximum Gasteiger partial charge on any atom is 0.356 e. The second-order valence-electron chi connectivity index (χ2n) is 5.39. The molecule has 0 amide bonds. The van der Waals surface area contributed by atoms with Gasteiger partial charge in [0.15, 0.2) is 5.69 Å². The van der Waals surface area contributed by atoms with Crippen LogP contribution in [0.3, 0.4) is 0 Å². The molecule has 2 atom stereocenters. The highest BCUT2D eigenvalue weighted by Crippen LogP contribution is 2.34. The molecule has 0 spiro atoms. The van der Waals surface area contributed by atoms with Crippen LogP contribution >= 0.6 is 0 Å². The summed E-state index contributed by atoms with van der Waals surface area (Å²) in [5.74, 6) is 0.784. The van der Waals surface area contributed by atoms with Gasteiger partial charge in [0.05, 0.1) is 5.69 Å². The summed E-state index contributed by atoms with van der Waals surface area (Å²) in [7, 11) is 0. The number of aromatic nitrogens is 2. The molecule has 2 aliphatic rings. The molecule has 1 saturated heterocycles. The first-order valence-corrected chi connectivity index (χ1v) is 6.72. The fraction of sp³-hybridized carbons (Fsp3) is 0.692. The van der Waals surface area contributed by atoms with Gasteiger partial charge in [0.2, 0.25) is 0 Å². The molecule has 1 fully saturated rings. The van der Waals surface area contributed by atoms with Crippen molar-refractivity contribution >= 4 is 5.97 Å². The van der Waals surface area contributed by atoms with Crippen LogP contribution in [0.2, 0.25) is 0 Å². The Morgan fingerprint density at radius 1 is 1.50 bits per heavy atom. The van der Waals surface area contributed by atoms with Gasteiger partial charge in [0.25, 0.3) is 0 Å². The van der Waals surface area contributed by atoms with Crippen molar-refractivity contribution in [2.24, 2.45) is 0 Å². The fourth-order valence-corrected chi connectivity index (χ4v) is 3.25. The molecule has 2 aliphatic heterocycles. The third kappa shape index (κ3) is 1.73. The summed E-state index contributed by atoms with van der Waals surface area (Å²) in [6.07, 6.45) is 3.24. The van der Waals surface area contributed by atoms with Crippen molar-refractivity contribution in [2.75, 3.05) is 13.1 Å². The molecule has 3 heterocycles. The van der Waals surface area contributed by atoms with Crippen LogP contribution in [0.5, 0.6) is 0 Å². The van der Waals surface area contributed by atoms with E-state index in [2.05, 4.69) is 21.8 Å². The summed E-state index contributed by atoms with van der Waals surface area (Å²) in [5, 5.41) is 12.6. The zero-order chi connectivity index (χ0) is 12.7. The fourth-order valence-electron chi connectivity index (χ4n) is 3.25. The minimum absolute atomic E-state index is 0.282. The van der Waals surface area contributed by atoms with Crippen LogP contribution in [0.15, 0.2) is 0 Å². The van der Waals surface area contributed by atoms with Gasteiger partial charge in [-0.2, -0.15) is 0 Å². The first-order chi connectivity index (χ1) is 8.68. The molecule has 5 heteroatoms. The Kier molecular flexibility index (Phi) is 2.86. The Balaban J connectivity index is 2.09. The Labute approximate surface area is 106 Å². The van der Waals surface area contributed by atoms with Crippen molar-refractivity contribution in [3.63, 3.8) is 0 Å². The third-order valence-electron chi connectivity index (χ3n) is 4.15. The van der Waals surface area contributed by atoms with E-state index in [1.807, 2.05) is 0 Å². The highest BCUT2D eigenvalue weighted by atomic mass is 16.4. The largest absolute Gasteiger partial charge is 0.476 e. The summed E-state index contributed by atoms with van der Waals surface area (Å²) >= 11 is 0. The predicted octanol–water partition coefficient (Wildman–Crippen LogP) is 1.56. The lowest BCUT2D eigenvalue weighted by Crippen LogP contribution is -2.19. The van der Waals surface area contributed by atoms with Gasteiger partial charge in [-0.15, -0.1) is 0 Å². The van der Waals surface area contributed by atoms with Crippen molar-refractivity contribution in [1.29, 1.82) is 0 Å². The Morgan fingerprint density at radius 2 is 2.33 bits per heavy atom. The van der Waals surface area contributed by atoms with Crippen molar-refractivity contribution in [1.82, 2.24) is 14.9 Å². The molecule has 2 N–H and O–H groups in total. The molecule has 5 nitrogen and oxygen atoms in total. The van der Waals surface area contributed by atoms with E-state index in [0.717, 1.165) is 50.4 Å². The molecule has 1 aromatic rings. The number of carbonyl (C=O) groups is 1. The summed E-state index contributed by atoms with van der Waals surface area (Å²) in [6.45, 7) is 4.95. The number of hydrogen-bond donors (Lipinski definition) is 2. The van der Waals surface area contributed by atoms with E-state index in [4.69, 9.17) is 0 Å². The van der Waals surface area contributed by atoms with Crippen LogP contribution < -0.4 is 5.32 Å². The normalized spacial score (nSPS) is 27.2. The number of hydrogen-bond acceptors (Lipinski definition) is 3. The lowest BCUT2D eigenvalue weighted by atomic mass is 9.96. The van der Waals surface area contributed by atoms with Gasteiger partial charge in [0, 0.05) is 19.0 Å². The van der Waals surface area contributed by atoms with E-state index < -0.39 is 5.97 Å². The number of fused-ring (bicyclic) bond motifs is 1. The minimum Gasteiger partial charge on any atom is -0.476 e. The Hall–Kier alpha value is -1.36. The number of nitrogens with zero attached hydrogens (tertiary/aromatic N) is 2. The summed E-state index contributed by atoms with van der Waals surface area (Å²) in [4.78, 5) is 15.8. The molecule has 0 aromatic carbocycles. The molecular formula is C13H19N3O2. The van der Waals surface area contributed by atoms with Crippen LogP contribution in [-0.4, -0.2) is 33.7 Å². The molecule has 0 saturated carbocycles. The third-order valence-corrected chi connectivity index (χ3v) is 4.15. The smallest absolute Gasteiger partial charge is 0.356 e. The lowest BCUT2D eigenvalue weighted by Gasteiger charge is -2.24. The average Bonchev–Trinajstić information content (AvgIpc) is 2.95. The van der Waals surface area contributed by atoms with Gasteiger partial charge < -0.3 is 15.0 Å². The van der Waals surface area contributed by atoms with Gasteiger partial charge in [-0.3, -0.25) is 0 Å². The molecule has 18 heavy (non-hydrogen) atoms. The van der Waals surface area contributed by atoms with Crippen LogP contribution in [0.25, 0.3) is 0 Å². The van der Waals surface area contributed by atoms with E-state index in [1.165, 1.54) is 0 Å². The summed E-state index contributed by atoms with van der Waals surface area (Å²) in [6, 6.07) is 0. The van der Waals surface area contributed by atoms with Crippen molar-refractivity contribution in [3.8, 4) is 0 Å². The van der Waals surface area contributed by atoms with Gasteiger partial charge in [-0.1, -0.05) is 6.92 Å². The van der Waals surface area contributed by atoms with Crippen LogP contribution in [0.1, 0.15) is 60.0 Å². The monoisotopic (exact) mass is 249 g/mol. The van der Waals surface area contributed by atoms with E-state index >= 15 is 0 Å². The van der Waals surface area contributed by atoms with E-state index in [1.54, 1.807) is 0 Å². The molecule has 1 aromatic heterocycles. The SMILES string of the molecule is CC1CCCn2c(C3CCNC3)nc(C(=O)O)c21. The van der Waals surface area contributed by atoms with Gasteiger partial charge in [0.1, 0.15) is 5.82 Å². The minimum atomic E-state index is -0.885. The van der Waals surface area contributed by atoms with Crippen LogP contribution in [0.4, 0.5) is 0 Å². The Bertz CT molecular complexity index is 475. The predicted molar refractivity (Wildman–Crippen MR) is 67.1 cm³/mol. The molecule has 0 bridgehead atoms. The van der Waals surface area contributed by atoms with Crippen LogP contribution in [-0.2, 0) is 6.54 Å². The quantitative estimate of drug-likeness (QED) is 0.834. The Morgan fingerprint density at radius 3 is 3.00 bits per heavy atom. The second-order valence-corrected chi connectivity index (χ2v) is 5.39. The van der Waals surface area contributed by atoms with E-state index in [-0.39, 0.29) is 5.69 Å². The van der Waals surface area contributed by atoms with Gasteiger partial charge in [-0.05, 0) is 31.7 Å². The number of aromatic carboxylic acids is 1. The topological polar surface area (TPSA) is 67.2 Å². The standard InChI is InChI=1S/C13H19N3O2/c1-8-3-2-6-16-11(8)10(13(17)18)15-12(16)9-4-5-14-7-9/h8-9,14H,2-7H2,1H3,(H,17,18). The van der Waals surface area contributed by atoms with Crippen LogP contribution in [0, 0.1) is 0 Å². The zero-order valence-corrected chi connectivity index (χ0v) is 10.6. The zero-order valence-electron chi connectivity index (χ0n) is 10.6. The summed E-state index contributed by atoms with van der Waals surface area (Å²) < 4.78 is 2.18. The number of imidazole rings is 1.